The van der Waals surface area contributed by atoms with Crippen LogP contribution in [0.25, 0.3) is 0 Å². The summed E-state index contributed by atoms with van der Waals surface area (Å²) in [5, 5.41) is 0. The second-order valence-electron chi connectivity index (χ2n) is 8.68. The largest absolute Gasteiger partial charge is 0.473 e. The SMILES string of the molecule is Cl.c1ccc(C(COc2nsnc2OC23CCC(CC2)C3)C2CCCC2)cc1. The molecule has 152 valence electrons. The van der Waals surface area contributed by atoms with Gasteiger partial charge in [0.05, 0.1) is 18.3 Å². The molecule has 3 aliphatic carbocycles. The third-order valence-corrected chi connectivity index (χ3v) is 7.51. The number of nitrogens with zero attached hydrogens (tertiary/aromatic N) is 2. The van der Waals surface area contributed by atoms with E-state index in [4.69, 9.17) is 9.47 Å². The van der Waals surface area contributed by atoms with Gasteiger partial charge in [-0.3, -0.25) is 0 Å². The fraction of sp³-hybridized carbons (Fsp3) is 0.636. The van der Waals surface area contributed by atoms with Gasteiger partial charge in [0.1, 0.15) is 5.60 Å². The Hall–Kier alpha value is -1.33. The van der Waals surface area contributed by atoms with E-state index < -0.39 is 0 Å². The third kappa shape index (κ3) is 4.02. The Morgan fingerprint density at radius 2 is 1.71 bits per heavy atom. The van der Waals surface area contributed by atoms with Gasteiger partial charge in [-0.25, -0.2) is 0 Å². The van der Waals surface area contributed by atoms with Gasteiger partial charge in [-0.05, 0) is 62.3 Å². The first-order valence-electron chi connectivity index (χ1n) is 10.5. The zero-order valence-corrected chi connectivity index (χ0v) is 17.9. The summed E-state index contributed by atoms with van der Waals surface area (Å²) in [6, 6.07) is 10.8. The van der Waals surface area contributed by atoms with Crippen LogP contribution in [0.2, 0.25) is 0 Å². The van der Waals surface area contributed by atoms with Gasteiger partial charge in [0.2, 0.25) is 0 Å². The topological polar surface area (TPSA) is 44.2 Å². The monoisotopic (exact) mass is 420 g/mol. The Kier molecular flexibility index (Phi) is 6.12. The number of rotatable bonds is 7. The summed E-state index contributed by atoms with van der Waals surface area (Å²) in [5.74, 6) is 3.20. The standard InChI is InChI=1S/C22H28N2O2S.ClH/c1-2-6-17(7-3-1)19(18-8-4-5-9-18)15-25-20-21(24-27-23-20)26-22-12-10-16(14-22)11-13-22;/h1-3,6-7,16,18-19H,4-5,8-15H2;1H. The van der Waals surface area contributed by atoms with Crippen LogP contribution in [0.4, 0.5) is 0 Å². The molecule has 28 heavy (non-hydrogen) atoms. The molecule has 4 nitrogen and oxygen atoms in total. The molecule has 0 aliphatic heterocycles. The molecule has 0 amide bonds. The molecule has 5 rings (SSSR count). The Balaban J connectivity index is 0.00000192. The van der Waals surface area contributed by atoms with E-state index in [-0.39, 0.29) is 18.0 Å². The lowest BCUT2D eigenvalue weighted by molar-refractivity contribution is 0.0697. The zero-order valence-electron chi connectivity index (χ0n) is 16.2. The van der Waals surface area contributed by atoms with Crippen LogP contribution in [0.3, 0.4) is 0 Å². The number of aromatic nitrogens is 2. The van der Waals surface area contributed by atoms with Crippen molar-refractivity contribution in [1.29, 1.82) is 0 Å². The molecule has 3 aliphatic rings. The molecule has 0 N–H and O–H groups in total. The molecule has 1 aromatic carbocycles. The normalized spacial score (nSPS) is 27.5. The first-order valence-corrected chi connectivity index (χ1v) is 11.2. The Bertz CT molecular complexity index is 755. The zero-order chi connectivity index (χ0) is 18.1. The van der Waals surface area contributed by atoms with Gasteiger partial charge in [0.15, 0.2) is 0 Å². The van der Waals surface area contributed by atoms with E-state index in [9.17, 15) is 0 Å². The second-order valence-corrected chi connectivity index (χ2v) is 9.21. The number of hydrogen-bond acceptors (Lipinski definition) is 5. The molecule has 0 spiro atoms. The highest BCUT2D eigenvalue weighted by Crippen LogP contribution is 2.50. The van der Waals surface area contributed by atoms with Gasteiger partial charge in [-0.1, -0.05) is 43.2 Å². The minimum atomic E-state index is 0. The van der Waals surface area contributed by atoms with Crippen LogP contribution >= 0.6 is 24.1 Å². The van der Waals surface area contributed by atoms with E-state index >= 15 is 0 Å². The highest BCUT2D eigenvalue weighted by Gasteiger charge is 2.47. The number of halogens is 1. The summed E-state index contributed by atoms with van der Waals surface area (Å²) in [5.41, 5.74) is 1.38. The summed E-state index contributed by atoms with van der Waals surface area (Å²) in [7, 11) is 0. The Morgan fingerprint density at radius 3 is 2.39 bits per heavy atom. The Labute approximate surface area is 177 Å². The maximum atomic E-state index is 6.40. The molecule has 1 heterocycles. The Morgan fingerprint density at radius 1 is 1.00 bits per heavy atom. The van der Waals surface area contributed by atoms with E-state index in [1.165, 1.54) is 62.2 Å². The summed E-state index contributed by atoms with van der Waals surface area (Å²) < 4.78 is 21.5. The lowest BCUT2D eigenvalue weighted by Crippen LogP contribution is -2.30. The van der Waals surface area contributed by atoms with Crippen molar-refractivity contribution in [3.05, 3.63) is 35.9 Å². The van der Waals surface area contributed by atoms with E-state index in [2.05, 4.69) is 39.1 Å². The van der Waals surface area contributed by atoms with Gasteiger partial charge in [0, 0.05) is 5.92 Å². The van der Waals surface area contributed by atoms with E-state index in [0.717, 1.165) is 18.8 Å². The van der Waals surface area contributed by atoms with Crippen molar-refractivity contribution in [2.24, 2.45) is 11.8 Å². The molecule has 2 bridgehead atoms. The number of fused-ring (bicyclic) bond motifs is 2. The van der Waals surface area contributed by atoms with Crippen LogP contribution in [-0.2, 0) is 0 Å². The lowest BCUT2D eigenvalue weighted by atomic mass is 9.85. The predicted molar refractivity (Wildman–Crippen MR) is 114 cm³/mol. The van der Waals surface area contributed by atoms with Gasteiger partial charge in [-0.15, -0.1) is 21.2 Å². The first-order chi connectivity index (χ1) is 13.3. The smallest absolute Gasteiger partial charge is 0.291 e. The summed E-state index contributed by atoms with van der Waals surface area (Å²) in [6.45, 7) is 0.659. The summed E-state index contributed by atoms with van der Waals surface area (Å²) >= 11 is 1.20. The molecule has 1 unspecified atom stereocenters. The number of benzene rings is 1. The van der Waals surface area contributed by atoms with E-state index in [1.807, 2.05) is 0 Å². The van der Waals surface area contributed by atoms with E-state index in [0.29, 0.717) is 30.2 Å². The van der Waals surface area contributed by atoms with Crippen LogP contribution in [0.5, 0.6) is 11.8 Å². The molecule has 6 heteroatoms. The van der Waals surface area contributed by atoms with Gasteiger partial charge >= 0.3 is 0 Å². The van der Waals surface area contributed by atoms with Crippen LogP contribution in [0.1, 0.15) is 69.3 Å². The molecule has 3 fully saturated rings. The maximum absolute atomic E-state index is 6.40. The molecule has 0 radical (unpaired) electrons. The van der Waals surface area contributed by atoms with Crippen molar-refractivity contribution in [1.82, 2.24) is 8.75 Å². The molecule has 1 aromatic heterocycles. The van der Waals surface area contributed by atoms with Crippen LogP contribution in [0.15, 0.2) is 30.3 Å². The maximum Gasteiger partial charge on any atom is 0.291 e. The lowest BCUT2D eigenvalue weighted by Gasteiger charge is -2.27. The van der Waals surface area contributed by atoms with E-state index in [1.54, 1.807) is 0 Å². The quantitative estimate of drug-likeness (QED) is 0.549. The van der Waals surface area contributed by atoms with Crippen molar-refractivity contribution in [2.75, 3.05) is 6.61 Å². The van der Waals surface area contributed by atoms with Crippen LogP contribution < -0.4 is 9.47 Å². The first kappa shape index (κ1) is 20.0. The molecule has 1 atom stereocenters. The summed E-state index contributed by atoms with van der Waals surface area (Å²) in [4.78, 5) is 0. The van der Waals surface area contributed by atoms with Crippen molar-refractivity contribution in [3.8, 4) is 11.8 Å². The average molecular weight is 421 g/mol. The van der Waals surface area contributed by atoms with Crippen molar-refractivity contribution < 1.29 is 9.47 Å². The van der Waals surface area contributed by atoms with Crippen LogP contribution in [-0.4, -0.2) is 21.0 Å². The fourth-order valence-electron chi connectivity index (χ4n) is 5.54. The fourth-order valence-corrected chi connectivity index (χ4v) is 5.98. The minimum absolute atomic E-state index is 0. The van der Waals surface area contributed by atoms with Gasteiger partial charge < -0.3 is 9.47 Å². The van der Waals surface area contributed by atoms with Gasteiger partial charge in [0.25, 0.3) is 11.8 Å². The van der Waals surface area contributed by atoms with Gasteiger partial charge in [-0.2, -0.15) is 0 Å². The molecule has 0 saturated heterocycles. The third-order valence-electron chi connectivity index (χ3n) is 7.02. The highest BCUT2D eigenvalue weighted by atomic mass is 35.5. The molecule has 3 saturated carbocycles. The average Bonchev–Trinajstić information content (AvgIpc) is 3.49. The van der Waals surface area contributed by atoms with Crippen molar-refractivity contribution in [3.63, 3.8) is 0 Å². The summed E-state index contributed by atoms with van der Waals surface area (Å²) in [6.07, 6.45) is 11.4. The predicted octanol–water partition coefficient (Wildman–Crippen LogP) is 6.02. The number of ether oxygens (including phenoxy) is 2. The highest BCUT2D eigenvalue weighted by molar-refractivity contribution is 6.99. The minimum Gasteiger partial charge on any atom is -0.473 e. The molecule has 2 aromatic rings. The molecular formula is C22H29ClN2O2S. The second kappa shape index (κ2) is 8.58. The van der Waals surface area contributed by atoms with Crippen molar-refractivity contribution >= 4 is 24.1 Å². The van der Waals surface area contributed by atoms with Crippen LogP contribution in [0, 0.1) is 11.8 Å². The molecular weight excluding hydrogens is 392 g/mol. The van der Waals surface area contributed by atoms with Crippen molar-refractivity contribution in [2.45, 2.75) is 69.3 Å². The number of hydrogen-bond donors (Lipinski definition) is 0.